The van der Waals surface area contributed by atoms with Gasteiger partial charge in [-0.15, -0.1) is 5.10 Å². The molecule has 2 aromatic rings. The molecular formula is C12H13N5O4S. The molecule has 3 rings (SSSR count). The minimum Gasteiger partial charge on any atom is -0.482 e. The van der Waals surface area contributed by atoms with E-state index in [0.29, 0.717) is 23.7 Å². The Kier molecular flexibility index (Phi) is 3.45. The molecule has 1 aromatic carbocycles. The van der Waals surface area contributed by atoms with Crippen molar-refractivity contribution in [2.45, 2.75) is 18.2 Å². The van der Waals surface area contributed by atoms with Crippen LogP contribution in [0.25, 0.3) is 0 Å². The molecule has 0 fully saturated rings. The van der Waals surface area contributed by atoms with Crippen LogP contribution in [-0.4, -0.2) is 36.1 Å². The Morgan fingerprint density at radius 3 is 2.95 bits per heavy atom. The highest BCUT2D eigenvalue weighted by Crippen LogP contribution is 2.30. The van der Waals surface area contributed by atoms with Gasteiger partial charge in [-0.25, -0.2) is 13.1 Å². The van der Waals surface area contributed by atoms with E-state index in [4.69, 9.17) is 4.74 Å². The molecule has 1 aromatic heterocycles. The molecule has 1 amide bonds. The number of hydrogen-bond acceptors (Lipinski definition) is 6. The van der Waals surface area contributed by atoms with Gasteiger partial charge in [0.15, 0.2) is 6.61 Å². The summed E-state index contributed by atoms with van der Waals surface area (Å²) in [4.78, 5) is 15.2. The van der Waals surface area contributed by atoms with Crippen molar-refractivity contribution >= 4 is 27.6 Å². The number of rotatable bonds is 4. The van der Waals surface area contributed by atoms with Crippen LogP contribution >= 0.6 is 0 Å². The number of nitrogens with one attached hydrogen (secondary N) is 3. The third kappa shape index (κ3) is 2.72. The van der Waals surface area contributed by atoms with Crippen LogP contribution in [0.1, 0.15) is 12.7 Å². The van der Waals surface area contributed by atoms with Crippen LogP contribution in [0.3, 0.4) is 0 Å². The van der Waals surface area contributed by atoms with Crippen LogP contribution in [0, 0.1) is 0 Å². The number of sulfonamides is 1. The average molecular weight is 323 g/mol. The fourth-order valence-electron chi connectivity index (χ4n) is 1.91. The van der Waals surface area contributed by atoms with Crippen LogP contribution < -0.4 is 14.8 Å². The summed E-state index contributed by atoms with van der Waals surface area (Å²) >= 11 is 0. The van der Waals surface area contributed by atoms with Gasteiger partial charge in [0.05, 0.1) is 10.6 Å². The molecule has 10 heteroatoms. The van der Waals surface area contributed by atoms with Crippen LogP contribution in [0.4, 0.5) is 11.6 Å². The minimum atomic E-state index is -3.86. The predicted octanol–water partition coefficient (Wildman–Crippen LogP) is 0.499. The Morgan fingerprint density at radius 2 is 2.23 bits per heavy atom. The first-order chi connectivity index (χ1) is 10.5. The highest BCUT2D eigenvalue weighted by molar-refractivity contribution is 7.92. The van der Waals surface area contributed by atoms with E-state index in [0.717, 1.165) is 0 Å². The van der Waals surface area contributed by atoms with Crippen molar-refractivity contribution in [2.75, 3.05) is 16.6 Å². The van der Waals surface area contributed by atoms with Crippen LogP contribution in [0.15, 0.2) is 23.1 Å². The van der Waals surface area contributed by atoms with Crippen molar-refractivity contribution in [3.05, 3.63) is 24.0 Å². The number of nitrogens with zero attached hydrogens (tertiary/aromatic N) is 2. The SMILES string of the molecule is CCc1nc(NS(=O)(=O)c2ccc3c(c2)NC(=O)CO3)n[nH]1. The van der Waals surface area contributed by atoms with Crippen LogP contribution in [0.2, 0.25) is 0 Å². The molecule has 0 unspecified atom stereocenters. The molecule has 22 heavy (non-hydrogen) atoms. The van der Waals surface area contributed by atoms with E-state index in [1.54, 1.807) is 0 Å². The fraction of sp³-hybridized carbons (Fsp3) is 0.250. The number of carbonyl (C=O) groups excluding carboxylic acids is 1. The lowest BCUT2D eigenvalue weighted by Crippen LogP contribution is -2.25. The van der Waals surface area contributed by atoms with Gasteiger partial charge in [0.25, 0.3) is 21.9 Å². The van der Waals surface area contributed by atoms with Gasteiger partial charge in [0.1, 0.15) is 11.6 Å². The summed E-state index contributed by atoms with van der Waals surface area (Å²) in [7, 11) is -3.86. The number of aromatic amines is 1. The summed E-state index contributed by atoms with van der Waals surface area (Å²) in [6.07, 6.45) is 0.608. The molecule has 9 nitrogen and oxygen atoms in total. The quantitative estimate of drug-likeness (QED) is 0.752. The topological polar surface area (TPSA) is 126 Å². The zero-order valence-corrected chi connectivity index (χ0v) is 12.4. The maximum Gasteiger partial charge on any atom is 0.264 e. The number of aryl methyl sites for hydroxylation is 1. The zero-order valence-electron chi connectivity index (χ0n) is 11.6. The number of amides is 1. The number of H-pyrrole nitrogens is 1. The average Bonchev–Trinajstić information content (AvgIpc) is 2.93. The molecule has 1 aliphatic rings. The van der Waals surface area contributed by atoms with Crippen molar-refractivity contribution in [2.24, 2.45) is 0 Å². The standard InChI is InChI=1S/C12H13N5O4S/c1-2-10-14-12(16-15-10)17-22(19,20)7-3-4-9-8(5-7)13-11(18)6-21-9/h3-5H,2,6H2,1H3,(H,13,18)(H2,14,15,16,17). The molecular weight excluding hydrogens is 310 g/mol. The van der Waals surface area contributed by atoms with E-state index in [1.807, 2.05) is 6.92 Å². The van der Waals surface area contributed by atoms with Gasteiger partial charge in [0, 0.05) is 6.42 Å². The molecule has 1 aliphatic heterocycles. The van der Waals surface area contributed by atoms with Gasteiger partial charge in [-0.2, -0.15) is 4.98 Å². The van der Waals surface area contributed by atoms with Gasteiger partial charge in [0.2, 0.25) is 0 Å². The second-order valence-electron chi connectivity index (χ2n) is 4.56. The third-order valence-corrected chi connectivity index (χ3v) is 4.31. The van der Waals surface area contributed by atoms with Crippen molar-refractivity contribution in [1.29, 1.82) is 0 Å². The van der Waals surface area contributed by atoms with Crippen molar-refractivity contribution in [1.82, 2.24) is 15.2 Å². The number of carbonyl (C=O) groups is 1. The van der Waals surface area contributed by atoms with Gasteiger partial charge < -0.3 is 10.1 Å². The lowest BCUT2D eigenvalue weighted by Gasteiger charge is -2.18. The van der Waals surface area contributed by atoms with E-state index < -0.39 is 10.0 Å². The second-order valence-corrected chi connectivity index (χ2v) is 6.24. The Morgan fingerprint density at radius 1 is 1.41 bits per heavy atom. The number of benzene rings is 1. The lowest BCUT2D eigenvalue weighted by molar-refractivity contribution is -0.118. The molecule has 0 saturated carbocycles. The third-order valence-electron chi connectivity index (χ3n) is 2.99. The van der Waals surface area contributed by atoms with Crippen molar-refractivity contribution in [3.8, 4) is 5.75 Å². The summed E-state index contributed by atoms with van der Waals surface area (Å²) < 4.78 is 32.1. The van der Waals surface area contributed by atoms with Gasteiger partial charge in [-0.1, -0.05) is 6.92 Å². The predicted molar refractivity (Wildman–Crippen MR) is 77.1 cm³/mol. The first-order valence-corrected chi connectivity index (χ1v) is 7.97. The summed E-state index contributed by atoms with van der Waals surface area (Å²) in [5.41, 5.74) is 0.309. The van der Waals surface area contributed by atoms with E-state index in [-0.39, 0.29) is 23.4 Å². The summed E-state index contributed by atoms with van der Waals surface area (Å²) in [6.45, 7) is 1.78. The molecule has 116 valence electrons. The van der Waals surface area contributed by atoms with Crippen LogP contribution in [0.5, 0.6) is 5.75 Å². The first-order valence-electron chi connectivity index (χ1n) is 6.49. The van der Waals surface area contributed by atoms with Gasteiger partial charge >= 0.3 is 0 Å². The Hall–Kier alpha value is -2.62. The number of anilines is 2. The minimum absolute atomic E-state index is 0.0279. The smallest absolute Gasteiger partial charge is 0.264 e. The number of fused-ring (bicyclic) bond motifs is 1. The fourth-order valence-corrected chi connectivity index (χ4v) is 2.88. The highest BCUT2D eigenvalue weighted by Gasteiger charge is 2.22. The first kappa shape index (κ1) is 14.3. The second kappa shape index (κ2) is 5.30. The summed E-state index contributed by atoms with van der Waals surface area (Å²) in [5, 5.41) is 8.95. The molecule has 0 radical (unpaired) electrons. The van der Waals surface area contributed by atoms with Gasteiger partial charge in [-0.05, 0) is 18.2 Å². The Bertz CT molecular complexity index is 830. The monoisotopic (exact) mass is 323 g/mol. The summed E-state index contributed by atoms with van der Waals surface area (Å²) in [5.74, 6) is 0.625. The van der Waals surface area contributed by atoms with E-state index >= 15 is 0 Å². The molecule has 3 N–H and O–H groups in total. The zero-order chi connectivity index (χ0) is 15.7. The molecule has 0 aliphatic carbocycles. The van der Waals surface area contributed by atoms with E-state index in [2.05, 4.69) is 25.2 Å². The number of hydrogen-bond donors (Lipinski definition) is 3. The Labute approximate surface area is 126 Å². The van der Waals surface area contributed by atoms with Gasteiger partial charge in [-0.3, -0.25) is 9.89 Å². The normalized spacial score (nSPS) is 14.0. The van der Waals surface area contributed by atoms with E-state index in [1.165, 1.54) is 18.2 Å². The molecule has 0 bridgehead atoms. The maximum atomic E-state index is 12.3. The number of ether oxygens (including phenoxy) is 1. The summed E-state index contributed by atoms with van der Waals surface area (Å²) in [6, 6.07) is 4.19. The largest absolute Gasteiger partial charge is 0.482 e. The van der Waals surface area contributed by atoms with Crippen molar-refractivity contribution in [3.63, 3.8) is 0 Å². The number of aromatic nitrogens is 3. The highest BCUT2D eigenvalue weighted by atomic mass is 32.2. The van der Waals surface area contributed by atoms with E-state index in [9.17, 15) is 13.2 Å². The Balaban J connectivity index is 1.88. The maximum absolute atomic E-state index is 12.3. The van der Waals surface area contributed by atoms with Crippen LogP contribution in [-0.2, 0) is 21.2 Å². The lowest BCUT2D eigenvalue weighted by atomic mass is 10.2. The molecule has 0 spiro atoms. The molecule has 2 heterocycles. The molecule has 0 atom stereocenters. The molecule has 0 saturated heterocycles. The van der Waals surface area contributed by atoms with Crippen molar-refractivity contribution < 1.29 is 17.9 Å².